The number of rotatable bonds is 14. The Kier molecular flexibility index (Phi) is 12.3. The summed E-state index contributed by atoms with van der Waals surface area (Å²) in [6, 6.07) is 42.7. The molecule has 0 aliphatic carbocycles. The zero-order valence-electron chi connectivity index (χ0n) is 30.6. The highest BCUT2D eigenvalue weighted by molar-refractivity contribution is 5.75. The number of benzene rings is 6. The third-order valence-corrected chi connectivity index (χ3v) is 10.2. The lowest BCUT2D eigenvalue weighted by Gasteiger charge is -2.11. The summed E-state index contributed by atoms with van der Waals surface area (Å²) < 4.78 is 30.4. The van der Waals surface area contributed by atoms with Gasteiger partial charge in [-0.3, -0.25) is 0 Å². The van der Waals surface area contributed by atoms with E-state index in [2.05, 4.69) is 12.1 Å². The first-order valence-electron chi connectivity index (χ1n) is 18.6. The summed E-state index contributed by atoms with van der Waals surface area (Å²) in [5.41, 5.74) is 12.7. The zero-order valence-corrected chi connectivity index (χ0v) is 30.6. The van der Waals surface area contributed by atoms with Gasteiger partial charge in [0.05, 0.1) is 23.3 Å². The van der Waals surface area contributed by atoms with Crippen LogP contribution in [0, 0.1) is 48.1 Å². The standard InChI is InChI=1S/C49H44F2N2/c1-34-28-42(22-26-44(34)40-18-12-38(32-52)13-19-40)46-24-16-36(30-48(46)50)10-8-6-4-3-5-7-9-11-37-17-25-47(49(51)31-37)43-23-27-45(35(2)29-43)41-20-14-39(33-53)15-21-41/h12-31H,3-11H2,1-2H3. The first-order chi connectivity index (χ1) is 25.8. The van der Waals surface area contributed by atoms with Crippen molar-refractivity contribution in [1.29, 1.82) is 10.5 Å². The second-order valence-corrected chi connectivity index (χ2v) is 14.0. The molecule has 0 aliphatic heterocycles. The minimum Gasteiger partial charge on any atom is -0.206 e. The van der Waals surface area contributed by atoms with Crippen LogP contribution in [-0.2, 0) is 12.8 Å². The second kappa shape index (κ2) is 17.6. The van der Waals surface area contributed by atoms with Crippen molar-refractivity contribution in [2.24, 2.45) is 0 Å². The Morgan fingerprint density at radius 1 is 0.396 bits per heavy atom. The van der Waals surface area contributed by atoms with Crippen LogP contribution in [0.2, 0.25) is 0 Å². The molecule has 0 saturated carbocycles. The molecule has 53 heavy (non-hydrogen) atoms. The molecular weight excluding hydrogens is 655 g/mol. The highest BCUT2D eigenvalue weighted by Gasteiger charge is 2.12. The van der Waals surface area contributed by atoms with E-state index in [1.54, 1.807) is 12.1 Å². The largest absolute Gasteiger partial charge is 0.206 e. The maximum atomic E-state index is 15.2. The minimum atomic E-state index is -0.188. The van der Waals surface area contributed by atoms with E-state index in [1.807, 2.05) is 123 Å². The van der Waals surface area contributed by atoms with Gasteiger partial charge in [-0.1, -0.05) is 117 Å². The highest BCUT2D eigenvalue weighted by Crippen LogP contribution is 2.32. The predicted octanol–water partition coefficient (Wildman–Crippen LogP) is 13.5. The molecule has 4 heteroatoms. The van der Waals surface area contributed by atoms with Gasteiger partial charge in [-0.2, -0.15) is 10.5 Å². The second-order valence-electron chi connectivity index (χ2n) is 14.0. The van der Waals surface area contributed by atoms with Crippen molar-refractivity contribution < 1.29 is 8.78 Å². The van der Waals surface area contributed by atoms with Crippen molar-refractivity contribution in [1.82, 2.24) is 0 Å². The number of hydrogen-bond donors (Lipinski definition) is 0. The normalized spacial score (nSPS) is 10.9. The molecule has 6 rings (SSSR count). The number of aryl methyl sites for hydroxylation is 4. The van der Waals surface area contributed by atoms with E-state index in [1.165, 1.54) is 6.42 Å². The monoisotopic (exact) mass is 698 g/mol. The van der Waals surface area contributed by atoms with Crippen LogP contribution in [0.1, 0.15) is 78.3 Å². The van der Waals surface area contributed by atoms with Crippen LogP contribution >= 0.6 is 0 Å². The molecule has 6 aromatic carbocycles. The van der Waals surface area contributed by atoms with Crippen LogP contribution in [0.25, 0.3) is 44.5 Å². The Balaban J connectivity index is 0.897. The van der Waals surface area contributed by atoms with Crippen molar-refractivity contribution in [3.8, 4) is 56.6 Å². The number of hydrogen-bond acceptors (Lipinski definition) is 2. The van der Waals surface area contributed by atoms with Gasteiger partial charge in [0.25, 0.3) is 0 Å². The van der Waals surface area contributed by atoms with E-state index in [9.17, 15) is 0 Å². The van der Waals surface area contributed by atoms with Gasteiger partial charge in [-0.25, -0.2) is 8.78 Å². The summed E-state index contributed by atoms with van der Waals surface area (Å²) in [6.45, 7) is 4.07. The maximum Gasteiger partial charge on any atom is 0.131 e. The van der Waals surface area contributed by atoms with Gasteiger partial charge in [0.1, 0.15) is 11.6 Å². The topological polar surface area (TPSA) is 47.6 Å². The van der Waals surface area contributed by atoms with Crippen molar-refractivity contribution in [3.05, 3.63) is 166 Å². The van der Waals surface area contributed by atoms with Gasteiger partial charge in [0.2, 0.25) is 0 Å². The fraction of sp³-hybridized carbons (Fsp3) is 0.224. The lowest BCUT2D eigenvalue weighted by molar-refractivity contribution is 0.576. The molecule has 0 atom stereocenters. The summed E-state index contributed by atoms with van der Waals surface area (Å²) >= 11 is 0. The van der Waals surface area contributed by atoms with Crippen LogP contribution < -0.4 is 0 Å². The predicted molar refractivity (Wildman–Crippen MR) is 213 cm³/mol. The molecule has 0 amide bonds. The van der Waals surface area contributed by atoms with E-state index in [0.717, 1.165) is 107 Å². The fourth-order valence-electron chi connectivity index (χ4n) is 7.20. The Morgan fingerprint density at radius 3 is 1.08 bits per heavy atom. The van der Waals surface area contributed by atoms with Gasteiger partial charge in [-0.15, -0.1) is 0 Å². The quantitative estimate of drug-likeness (QED) is 0.106. The molecular formula is C49H44F2N2. The average Bonchev–Trinajstić information content (AvgIpc) is 3.17. The molecule has 0 aliphatic rings. The SMILES string of the molecule is Cc1cc(-c2ccc(CCCCCCCCCc3ccc(-c4ccc(-c5ccc(C#N)cc5)c(C)c4)c(F)c3)cc2F)ccc1-c1ccc(C#N)cc1. The van der Waals surface area contributed by atoms with Gasteiger partial charge < -0.3 is 0 Å². The van der Waals surface area contributed by atoms with E-state index in [-0.39, 0.29) is 11.6 Å². The number of nitriles is 2. The number of nitrogens with zero attached hydrogens (tertiary/aromatic N) is 2. The number of unbranched alkanes of at least 4 members (excludes halogenated alkanes) is 6. The van der Waals surface area contributed by atoms with E-state index in [0.29, 0.717) is 22.3 Å². The van der Waals surface area contributed by atoms with Gasteiger partial charge in [0, 0.05) is 11.1 Å². The molecule has 264 valence electrons. The lowest BCUT2D eigenvalue weighted by Crippen LogP contribution is -1.93. The molecule has 0 radical (unpaired) electrons. The molecule has 6 aromatic rings. The molecule has 0 N–H and O–H groups in total. The van der Waals surface area contributed by atoms with E-state index >= 15 is 8.78 Å². The summed E-state index contributed by atoms with van der Waals surface area (Å²) in [5, 5.41) is 18.1. The average molecular weight is 699 g/mol. The van der Waals surface area contributed by atoms with Crippen LogP contribution in [-0.4, -0.2) is 0 Å². The molecule has 0 aromatic heterocycles. The number of halogens is 2. The van der Waals surface area contributed by atoms with Crippen molar-refractivity contribution >= 4 is 0 Å². The first kappa shape index (κ1) is 36.9. The van der Waals surface area contributed by atoms with Crippen molar-refractivity contribution in [3.63, 3.8) is 0 Å². The van der Waals surface area contributed by atoms with Crippen LogP contribution in [0.3, 0.4) is 0 Å². The molecule has 2 nitrogen and oxygen atoms in total. The molecule has 0 fully saturated rings. The lowest BCUT2D eigenvalue weighted by atomic mass is 9.94. The van der Waals surface area contributed by atoms with Crippen molar-refractivity contribution in [2.75, 3.05) is 0 Å². The Hall–Kier alpha value is -5.84. The van der Waals surface area contributed by atoms with Crippen LogP contribution in [0.4, 0.5) is 8.78 Å². The third-order valence-electron chi connectivity index (χ3n) is 10.2. The van der Waals surface area contributed by atoms with E-state index in [4.69, 9.17) is 10.5 Å². The smallest absolute Gasteiger partial charge is 0.131 e. The van der Waals surface area contributed by atoms with Crippen molar-refractivity contribution in [2.45, 2.75) is 71.6 Å². The van der Waals surface area contributed by atoms with Gasteiger partial charge in [-0.05, 0) is 132 Å². The van der Waals surface area contributed by atoms with Gasteiger partial charge >= 0.3 is 0 Å². The molecule has 0 spiro atoms. The third kappa shape index (κ3) is 9.34. The van der Waals surface area contributed by atoms with Crippen LogP contribution in [0.5, 0.6) is 0 Å². The summed E-state index contributed by atoms with van der Waals surface area (Å²) in [6.07, 6.45) is 9.58. The fourth-order valence-corrected chi connectivity index (χ4v) is 7.20. The molecule has 0 bridgehead atoms. The highest BCUT2D eigenvalue weighted by atomic mass is 19.1. The maximum absolute atomic E-state index is 15.2. The molecule has 0 saturated heterocycles. The Bertz CT molecular complexity index is 2110. The van der Waals surface area contributed by atoms with Gasteiger partial charge in [0.15, 0.2) is 0 Å². The molecule has 0 heterocycles. The summed E-state index contributed by atoms with van der Waals surface area (Å²) in [7, 11) is 0. The Labute approximate surface area is 313 Å². The zero-order chi connectivity index (χ0) is 37.2. The minimum absolute atomic E-state index is 0.188. The summed E-state index contributed by atoms with van der Waals surface area (Å²) in [5.74, 6) is -0.375. The molecule has 0 unspecified atom stereocenters. The summed E-state index contributed by atoms with van der Waals surface area (Å²) in [4.78, 5) is 0. The Morgan fingerprint density at radius 2 is 0.736 bits per heavy atom. The first-order valence-corrected chi connectivity index (χ1v) is 18.6. The van der Waals surface area contributed by atoms with Crippen LogP contribution in [0.15, 0.2) is 121 Å². The van der Waals surface area contributed by atoms with E-state index < -0.39 is 0 Å².